The second-order valence-corrected chi connectivity index (χ2v) is 10.9. The Morgan fingerprint density at radius 1 is 0.929 bits per heavy atom. The number of urea groups is 1. The van der Waals surface area contributed by atoms with Gasteiger partial charge in [0.1, 0.15) is 0 Å². The van der Waals surface area contributed by atoms with Crippen LogP contribution < -0.4 is 0 Å². The fourth-order valence-electron chi connectivity index (χ4n) is 5.31. The summed E-state index contributed by atoms with van der Waals surface area (Å²) in [6, 6.07) is 7.11. The maximum Gasteiger partial charge on any atom is 0.416 e. The molecule has 0 aliphatic carbocycles. The highest BCUT2D eigenvalue weighted by molar-refractivity contribution is 5.83. The van der Waals surface area contributed by atoms with Crippen LogP contribution in [0.15, 0.2) is 42.5 Å². The van der Waals surface area contributed by atoms with Crippen molar-refractivity contribution in [3.8, 4) is 0 Å². The summed E-state index contributed by atoms with van der Waals surface area (Å²) in [7, 11) is 1.29. The second kappa shape index (κ2) is 12.9. The lowest BCUT2D eigenvalue weighted by atomic mass is 9.81. The molecule has 0 bridgehead atoms. The van der Waals surface area contributed by atoms with Crippen molar-refractivity contribution in [1.82, 2.24) is 14.7 Å². The number of carbonyl (C=O) groups is 2. The molecule has 1 fully saturated rings. The van der Waals surface area contributed by atoms with E-state index in [0.717, 1.165) is 16.0 Å². The lowest BCUT2D eigenvalue weighted by molar-refractivity contribution is -0.146. The van der Waals surface area contributed by atoms with Crippen molar-refractivity contribution in [1.29, 1.82) is 0 Å². The first kappa shape index (κ1) is 33.2. The minimum absolute atomic E-state index is 0.0388. The van der Waals surface area contributed by atoms with Gasteiger partial charge in [0.25, 0.3) is 0 Å². The summed E-state index contributed by atoms with van der Waals surface area (Å²) in [4.78, 5) is 31.3. The molecule has 0 radical (unpaired) electrons. The Balaban J connectivity index is 1.93. The Morgan fingerprint density at radius 3 is 1.98 bits per heavy atom. The SMILES string of the molecule is Cc1ccccc1C1CN(C(=O)C(C)(CCO)CCO)CCN1C(=O)N(C)Cc1cc(C(F)(F)F)cc(C(F)(F)F)c1. The van der Waals surface area contributed by atoms with E-state index in [9.17, 15) is 46.1 Å². The molecule has 0 spiro atoms. The Hall–Kier alpha value is -3.32. The summed E-state index contributed by atoms with van der Waals surface area (Å²) in [5.74, 6) is -0.298. The average molecular weight is 604 g/mol. The highest BCUT2D eigenvalue weighted by Crippen LogP contribution is 2.37. The third-order valence-corrected chi connectivity index (χ3v) is 7.70. The summed E-state index contributed by atoms with van der Waals surface area (Å²) in [5, 5.41) is 19.1. The van der Waals surface area contributed by atoms with Gasteiger partial charge in [0.15, 0.2) is 0 Å². The van der Waals surface area contributed by atoms with Crippen LogP contribution >= 0.6 is 0 Å². The van der Waals surface area contributed by atoms with E-state index in [4.69, 9.17) is 0 Å². The molecule has 0 aromatic heterocycles. The van der Waals surface area contributed by atoms with Gasteiger partial charge in [-0.2, -0.15) is 26.3 Å². The van der Waals surface area contributed by atoms with Gasteiger partial charge in [-0.3, -0.25) is 4.79 Å². The molecule has 2 N–H and O–H groups in total. The van der Waals surface area contributed by atoms with Crippen molar-refractivity contribution >= 4 is 11.9 Å². The number of rotatable bonds is 8. The van der Waals surface area contributed by atoms with Crippen LogP contribution in [0, 0.1) is 12.3 Å². The number of hydrogen-bond acceptors (Lipinski definition) is 4. The Labute approximate surface area is 240 Å². The van der Waals surface area contributed by atoms with Gasteiger partial charge in [0, 0.05) is 46.4 Å². The van der Waals surface area contributed by atoms with Crippen LogP contribution in [0.2, 0.25) is 0 Å². The number of carbonyl (C=O) groups excluding carboxylic acids is 2. The molecule has 1 atom stereocenters. The monoisotopic (exact) mass is 603 g/mol. The number of aryl methyl sites for hydroxylation is 1. The van der Waals surface area contributed by atoms with E-state index in [1.54, 1.807) is 30.0 Å². The summed E-state index contributed by atoms with van der Waals surface area (Å²) in [6.45, 7) is 2.64. The predicted octanol–water partition coefficient (Wildman–Crippen LogP) is 5.24. The quantitative estimate of drug-likeness (QED) is 0.405. The molecule has 42 heavy (non-hydrogen) atoms. The molecule has 1 heterocycles. The lowest BCUT2D eigenvalue weighted by Crippen LogP contribution is -2.57. The summed E-state index contributed by atoms with van der Waals surface area (Å²) >= 11 is 0. The van der Waals surface area contributed by atoms with Crippen LogP contribution in [0.5, 0.6) is 0 Å². The number of alkyl halides is 6. The van der Waals surface area contributed by atoms with Crippen LogP contribution in [0.4, 0.5) is 31.1 Å². The Bertz CT molecular complexity index is 1230. The minimum Gasteiger partial charge on any atom is -0.396 e. The average Bonchev–Trinajstić information content (AvgIpc) is 2.91. The normalized spacial score (nSPS) is 16.5. The second-order valence-electron chi connectivity index (χ2n) is 10.9. The van der Waals surface area contributed by atoms with Gasteiger partial charge in [0.05, 0.1) is 22.6 Å². The molecule has 13 heteroatoms. The van der Waals surface area contributed by atoms with E-state index >= 15 is 0 Å². The molecule has 232 valence electrons. The van der Waals surface area contributed by atoms with Crippen LogP contribution in [0.3, 0.4) is 0 Å². The maximum atomic E-state index is 13.7. The van der Waals surface area contributed by atoms with Gasteiger partial charge >= 0.3 is 18.4 Å². The lowest BCUT2D eigenvalue weighted by Gasteiger charge is -2.45. The van der Waals surface area contributed by atoms with Crippen molar-refractivity contribution in [2.75, 3.05) is 39.9 Å². The van der Waals surface area contributed by atoms with Gasteiger partial charge in [0.2, 0.25) is 5.91 Å². The molecule has 1 saturated heterocycles. The van der Waals surface area contributed by atoms with E-state index in [1.165, 1.54) is 11.9 Å². The molecule has 2 aromatic carbocycles. The van der Waals surface area contributed by atoms with Crippen LogP contribution in [0.1, 0.15) is 53.6 Å². The van der Waals surface area contributed by atoms with Crippen LogP contribution in [-0.4, -0.2) is 76.7 Å². The number of amides is 3. The maximum absolute atomic E-state index is 13.7. The number of piperazine rings is 1. The fourth-order valence-corrected chi connectivity index (χ4v) is 5.31. The van der Waals surface area contributed by atoms with E-state index < -0.39 is 47.5 Å². The first-order valence-electron chi connectivity index (χ1n) is 13.4. The van der Waals surface area contributed by atoms with Crippen LogP contribution in [-0.2, 0) is 23.7 Å². The largest absolute Gasteiger partial charge is 0.416 e. The van der Waals surface area contributed by atoms with Crippen molar-refractivity contribution in [2.45, 2.75) is 51.6 Å². The van der Waals surface area contributed by atoms with E-state index in [2.05, 4.69) is 0 Å². The molecule has 7 nitrogen and oxygen atoms in total. The van der Waals surface area contributed by atoms with Gasteiger partial charge in [-0.05, 0) is 54.7 Å². The molecular formula is C29H35F6N3O4. The Morgan fingerprint density at radius 2 is 1.48 bits per heavy atom. The first-order valence-corrected chi connectivity index (χ1v) is 13.4. The number of hydrogen-bond donors (Lipinski definition) is 2. The number of nitrogens with zero attached hydrogens (tertiary/aromatic N) is 3. The predicted molar refractivity (Wildman–Crippen MR) is 142 cm³/mol. The third kappa shape index (κ3) is 7.54. The van der Waals surface area contributed by atoms with Crippen molar-refractivity contribution in [3.05, 3.63) is 70.3 Å². The Kier molecular flexibility index (Phi) is 10.2. The van der Waals surface area contributed by atoms with Gasteiger partial charge < -0.3 is 24.9 Å². The standard InChI is InChI=1S/C29H35F6N3O4/c1-19-6-4-5-7-23(19)24-18-37(25(41)27(2,8-12-39)9-13-40)10-11-38(24)26(42)36(3)17-20-14-21(28(30,31)32)16-22(15-20)29(33,34)35/h4-7,14-16,24,39-40H,8-13,17-18H2,1-3H3. The van der Waals surface area contributed by atoms with E-state index in [0.29, 0.717) is 12.1 Å². The fraction of sp³-hybridized carbons (Fsp3) is 0.517. The number of aliphatic hydroxyl groups is 2. The highest BCUT2D eigenvalue weighted by atomic mass is 19.4. The molecule has 3 rings (SSSR count). The minimum atomic E-state index is -5.02. The molecule has 2 aromatic rings. The van der Waals surface area contributed by atoms with E-state index in [1.807, 2.05) is 13.0 Å². The van der Waals surface area contributed by atoms with Crippen molar-refractivity contribution in [3.63, 3.8) is 0 Å². The van der Waals surface area contributed by atoms with Gasteiger partial charge in [-0.1, -0.05) is 31.2 Å². The molecule has 1 unspecified atom stereocenters. The zero-order valence-electron chi connectivity index (χ0n) is 23.6. The number of aliphatic hydroxyl groups excluding tert-OH is 2. The summed E-state index contributed by atoms with van der Waals surface area (Å²) in [5.41, 5.74) is -2.76. The topological polar surface area (TPSA) is 84.3 Å². The van der Waals surface area contributed by atoms with Gasteiger partial charge in [-0.15, -0.1) is 0 Å². The molecule has 0 saturated carbocycles. The van der Waals surface area contributed by atoms with Crippen LogP contribution in [0.25, 0.3) is 0 Å². The summed E-state index contributed by atoms with van der Waals surface area (Å²) in [6.07, 6.45) is -9.78. The zero-order chi connectivity index (χ0) is 31.5. The summed E-state index contributed by atoms with van der Waals surface area (Å²) < 4.78 is 80.2. The zero-order valence-corrected chi connectivity index (χ0v) is 23.6. The smallest absolute Gasteiger partial charge is 0.396 e. The first-order chi connectivity index (χ1) is 19.5. The highest BCUT2D eigenvalue weighted by Gasteiger charge is 2.42. The van der Waals surface area contributed by atoms with Crippen molar-refractivity contribution in [2.24, 2.45) is 5.41 Å². The molecular weight excluding hydrogens is 568 g/mol. The molecule has 1 aliphatic rings. The van der Waals surface area contributed by atoms with Gasteiger partial charge in [-0.25, -0.2) is 4.79 Å². The van der Waals surface area contributed by atoms with Crippen molar-refractivity contribution < 1.29 is 46.1 Å². The number of halogens is 6. The number of benzene rings is 2. The van der Waals surface area contributed by atoms with E-state index in [-0.39, 0.29) is 63.2 Å². The molecule has 1 aliphatic heterocycles. The molecule has 3 amide bonds. The third-order valence-electron chi connectivity index (χ3n) is 7.70.